The molecule has 1 atom stereocenters. The van der Waals surface area contributed by atoms with E-state index in [0.29, 0.717) is 17.8 Å². The third kappa shape index (κ3) is 3.30. The number of hydrogen-bond acceptors (Lipinski definition) is 4. The lowest BCUT2D eigenvalue weighted by molar-refractivity contribution is 0.182. The van der Waals surface area contributed by atoms with Gasteiger partial charge in [0.2, 0.25) is 0 Å². The van der Waals surface area contributed by atoms with E-state index in [2.05, 4.69) is 33.4 Å². The van der Waals surface area contributed by atoms with E-state index in [1.807, 2.05) is 18.3 Å². The molecule has 4 rings (SSSR count). The van der Waals surface area contributed by atoms with Gasteiger partial charge in [-0.3, -0.25) is 9.88 Å². The van der Waals surface area contributed by atoms with E-state index in [-0.39, 0.29) is 0 Å². The SMILES string of the molecule is Oc1cccc2c1CCC2NC1CCN(Cc2ccccn2)CC1. The summed E-state index contributed by atoms with van der Waals surface area (Å²) < 4.78 is 0. The van der Waals surface area contributed by atoms with Crippen LogP contribution >= 0.6 is 0 Å². The second-order valence-electron chi connectivity index (χ2n) is 6.97. The predicted octanol–water partition coefficient (Wildman–Crippen LogP) is 3.03. The van der Waals surface area contributed by atoms with Crippen molar-refractivity contribution in [2.24, 2.45) is 0 Å². The summed E-state index contributed by atoms with van der Waals surface area (Å²) in [4.78, 5) is 6.92. The van der Waals surface area contributed by atoms with Gasteiger partial charge in [0.1, 0.15) is 5.75 Å². The van der Waals surface area contributed by atoms with E-state index >= 15 is 0 Å². The Balaban J connectivity index is 1.31. The second kappa shape index (κ2) is 6.91. The van der Waals surface area contributed by atoms with Gasteiger partial charge in [-0.15, -0.1) is 0 Å². The highest BCUT2D eigenvalue weighted by atomic mass is 16.3. The molecule has 0 spiro atoms. The van der Waals surface area contributed by atoms with Crippen LogP contribution in [0.3, 0.4) is 0 Å². The first-order chi connectivity index (χ1) is 11.8. The molecule has 2 N–H and O–H groups in total. The molecule has 1 aliphatic heterocycles. The number of aromatic nitrogens is 1. The molecule has 1 aromatic heterocycles. The Labute approximate surface area is 143 Å². The number of phenols is 1. The fourth-order valence-electron chi connectivity index (χ4n) is 4.07. The van der Waals surface area contributed by atoms with Gasteiger partial charge in [0.05, 0.1) is 5.69 Å². The standard InChI is InChI=1S/C20H25N3O/c24-20-6-3-5-17-18(20)7-8-19(17)22-15-9-12-23(13-10-15)14-16-4-1-2-11-21-16/h1-6,11,15,19,22,24H,7-10,12-14H2. The molecule has 0 bridgehead atoms. The molecule has 4 nitrogen and oxygen atoms in total. The summed E-state index contributed by atoms with van der Waals surface area (Å²) >= 11 is 0. The number of nitrogens with one attached hydrogen (secondary N) is 1. The van der Waals surface area contributed by atoms with E-state index in [4.69, 9.17) is 0 Å². The van der Waals surface area contributed by atoms with Crippen molar-refractivity contribution in [3.05, 3.63) is 59.4 Å². The molecule has 1 aliphatic carbocycles. The average Bonchev–Trinajstić information content (AvgIpc) is 3.02. The molecule has 2 heterocycles. The topological polar surface area (TPSA) is 48.4 Å². The fourth-order valence-corrected chi connectivity index (χ4v) is 4.07. The third-order valence-electron chi connectivity index (χ3n) is 5.38. The van der Waals surface area contributed by atoms with E-state index in [9.17, 15) is 5.11 Å². The summed E-state index contributed by atoms with van der Waals surface area (Å²) in [5.74, 6) is 0.460. The van der Waals surface area contributed by atoms with Crippen molar-refractivity contribution in [2.75, 3.05) is 13.1 Å². The Hall–Kier alpha value is -1.91. The van der Waals surface area contributed by atoms with Crippen molar-refractivity contribution in [3.63, 3.8) is 0 Å². The van der Waals surface area contributed by atoms with Crippen LogP contribution < -0.4 is 5.32 Å². The monoisotopic (exact) mass is 323 g/mol. The number of pyridine rings is 1. The maximum atomic E-state index is 9.99. The van der Waals surface area contributed by atoms with Crippen molar-refractivity contribution in [1.29, 1.82) is 0 Å². The average molecular weight is 323 g/mol. The lowest BCUT2D eigenvalue weighted by Crippen LogP contribution is -2.43. The van der Waals surface area contributed by atoms with Crippen molar-refractivity contribution < 1.29 is 5.11 Å². The normalized spacial score (nSPS) is 21.8. The second-order valence-corrected chi connectivity index (χ2v) is 6.97. The van der Waals surface area contributed by atoms with Crippen molar-refractivity contribution in [2.45, 2.75) is 44.3 Å². The third-order valence-corrected chi connectivity index (χ3v) is 5.38. The summed E-state index contributed by atoms with van der Waals surface area (Å²) in [5, 5.41) is 13.8. The zero-order chi connectivity index (χ0) is 16.4. The predicted molar refractivity (Wildman–Crippen MR) is 94.8 cm³/mol. The Morgan fingerprint density at radius 3 is 2.75 bits per heavy atom. The molecule has 4 heteroatoms. The first-order valence-electron chi connectivity index (χ1n) is 8.98. The van der Waals surface area contributed by atoms with Crippen LogP contribution in [0.4, 0.5) is 0 Å². The number of piperidine rings is 1. The van der Waals surface area contributed by atoms with Gasteiger partial charge >= 0.3 is 0 Å². The Morgan fingerprint density at radius 2 is 1.96 bits per heavy atom. The van der Waals surface area contributed by atoms with Crippen LogP contribution in [0.25, 0.3) is 0 Å². The summed E-state index contributed by atoms with van der Waals surface area (Å²) in [6.07, 6.45) is 6.31. The molecule has 24 heavy (non-hydrogen) atoms. The Bertz CT molecular complexity index is 681. The van der Waals surface area contributed by atoms with Gasteiger partial charge < -0.3 is 10.4 Å². The lowest BCUT2D eigenvalue weighted by Gasteiger charge is -2.34. The summed E-state index contributed by atoms with van der Waals surface area (Å²) in [6, 6.07) is 13.0. The number of benzene rings is 1. The lowest BCUT2D eigenvalue weighted by atomic mass is 10.0. The van der Waals surface area contributed by atoms with Crippen molar-refractivity contribution >= 4 is 0 Å². The van der Waals surface area contributed by atoms with E-state index in [0.717, 1.165) is 43.7 Å². The van der Waals surface area contributed by atoms with Crippen LogP contribution in [0.15, 0.2) is 42.6 Å². The fraction of sp³-hybridized carbons (Fsp3) is 0.450. The van der Waals surface area contributed by atoms with Gasteiger partial charge in [0.15, 0.2) is 0 Å². The van der Waals surface area contributed by atoms with Gasteiger partial charge in [0, 0.05) is 37.9 Å². The maximum absolute atomic E-state index is 9.99. The molecule has 0 saturated carbocycles. The number of hydrogen-bond donors (Lipinski definition) is 2. The van der Waals surface area contributed by atoms with Crippen LogP contribution in [0.1, 0.15) is 42.1 Å². The zero-order valence-corrected chi connectivity index (χ0v) is 14.0. The van der Waals surface area contributed by atoms with Gasteiger partial charge in [0.25, 0.3) is 0 Å². The highest BCUT2D eigenvalue weighted by Gasteiger charge is 2.28. The molecule has 0 amide bonds. The minimum atomic E-state index is 0.402. The number of likely N-dealkylation sites (tertiary alicyclic amines) is 1. The quantitative estimate of drug-likeness (QED) is 0.908. The van der Waals surface area contributed by atoms with Gasteiger partial charge in [-0.25, -0.2) is 0 Å². The Kier molecular flexibility index (Phi) is 4.50. The molecule has 1 saturated heterocycles. The van der Waals surface area contributed by atoms with Crippen LogP contribution in [-0.4, -0.2) is 34.1 Å². The summed E-state index contributed by atoms with van der Waals surface area (Å²) in [6.45, 7) is 3.19. The summed E-state index contributed by atoms with van der Waals surface area (Å²) in [7, 11) is 0. The molecule has 1 unspecified atom stereocenters. The number of nitrogens with zero attached hydrogens (tertiary/aromatic N) is 2. The minimum absolute atomic E-state index is 0.402. The van der Waals surface area contributed by atoms with Gasteiger partial charge in [-0.1, -0.05) is 18.2 Å². The van der Waals surface area contributed by atoms with Gasteiger partial charge in [-0.05, 0) is 55.0 Å². The van der Waals surface area contributed by atoms with Crippen LogP contribution in [0, 0.1) is 0 Å². The minimum Gasteiger partial charge on any atom is -0.508 e. The zero-order valence-electron chi connectivity index (χ0n) is 14.0. The molecule has 1 fully saturated rings. The molecule has 126 valence electrons. The van der Waals surface area contributed by atoms with Crippen molar-refractivity contribution in [1.82, 2.24) is 15.2 Å². The number of fused-ring (bicyclic) bond motifs is 1. The van der Waals surface area contributed by atoms with Crippen LogP contribution in [0.2, 0.25) is 0 Å². The van der Waals surface area contributed by atoms with E-state index in [1.165, 1.54) is 18.4 Å². The number of aromatic hydroxyl groups is 1. The van der Waals surface area contributed by atoms with Crippen LogP contribution in [-0.2, 0) is 13.0 Å². The first-order valence-corrected chi connectivity index (χ1v) is 8.98. The van der Waals surface area contributed by atoms with Crippen LogP contribution in [0.5, 0.6) is 5.75 Å². The highest BCUT2D eigenvalue weighted by Crippen LogP contribution is 2.36. The molecule has 1 aromatic carbocycles. The molecule has 0 radical (unpaired) electrons. The van der Waals surface area contributed by atoms with Gasteiger partial charge in [-0.2, -0.15) is 0 Å². The van der Waals surface area contributed by atoms with E-state index < -0.39 is 0 Å². The van der Waals surface area contributed by atoms with Crippen molar-refractivity contribution in [3.8, 4) is 5.75 Å². The molecular formula is C20H25N3O. The number of rotatable bonds is 4. The largest absolute Gasteiger partial charge is 0.508 e. The first kappa shape index (κ1) is 15.6. The molecule has 2 aromatic rings. The molecular weight excluding hydrogens is 298 g/mol. The maximum Gasteiger partial charge on any atom is 0.119 e. The summed E-state index contributed by atoms with van der Waals surface area (Å²) in [5.41, 5.74) is 3.60. The Morgan fingerprint density at radius 1 is 1.08 bits per heavy atom. The molecule has 2 aliphatic rings. The smallest absolute Gasteiger partial charge is 0.119 e. The number of phenolic OH excluding ortho intramolecular Hbond substituents is 1. The highest BCUT2D eigenvalue weighted by molar-refractivity contribution is 5.44. The van der Waals surface area contributed by atoms with E-state index in [1.54, 1.807) is 6.07 Å².